The smallest absolute Gasteiger partial charge is 0.305 e. The number of hydrogen-bond donors (Lipinski definition) is 0. The molecule has 0 bridgehead atoms. The Bertz CT molecular complexity index is 890. The van der Waals surface area contributed by atoms with Crippen molar-refractivity contribution in [2.24, 2.45) is 0 Å². The van der Waals surface area contributed by atoms with E-state index in [0.29, 0.717) is 12.0 Å². The summed E-state index contributed by atoms with van der Waals surface area (Å²) in [6.07, 6.45) is 6.81. The standard InChI is InChI=1S/C22H24N2O5/c1-23(22(26)18-13-15-19(16-14-18)24(27)28)20-11-8-7-10-17(20)9-5-3-4-6-12-21(25)29-2/h5,7-11,13-16H,3-4,6,12H2,1-2H3. The van der Waals surface area contributed by atoms with Crippen molar-refractivity contribution >= 4 is 29.3 Å². The van der Waals surface area contributed by atoms with Crippen LogP contribution in [0.3, 0.4) is 0 Å². The molecule has 0 radical (unpaired) electrons. The van der Waals surface area contributed by atoms with Gasteiger partial charge in [-0.3, -0.25) is 19.7 Å². The second-order valence-electron chi connectivity index (χ2n) is 6.45. The normalized spacial score (nSPS) is 10.7. The lowest BCUT2D eigenvalue weighted by atomic mass is 10.1. The summed E-state index contributed by atoms with van der Waals surface area (Å²) in [4.78, 5) is 35.7. The summed E-state index contributed by atoms with van der Waals surface area (Å²) in [7, 11) is 3.06. The summed E-state index contributed by atoms with van der Waals surface area (Å²) >= 11 is 0. The molecule has 2 aromatic rings. The van der Waals surface area contributed by atoms with E-state index in [1.807, 2.05) is 36.4 Å². The quantitative estimate of drug-likeness (QED) is 0.267. The molecule has 29 heavy (non-hydrogen) atoms. The molecule has 0 N–H and O–H groups in total. The lowest BCUT2D eigenvalue weighted by Crippen LogP contribution is -2.26. The van der Waals surface area contributed by atoms with Crippen LogP contribution in [-0.4, -0.2) is 31.0 Å². The first-order valence-electron chi connectivity index (χ1n) is 9.29. The molecule has 0 aliphatic carbocycles. The SMILES string of the molecule is COC(=O)CCCCC=Cc1ccccc1N(C)C(=O)c1ccc([N+](=O)[O-])cc1. The van der Waals surface area contributed by atoms with Gasteiger partial charge in [-0.2, -0.15) is 0 Å². The molecule has 7 nitrogen and oxygen atoms in total. The first kappa shape index (κ1) is 21.8. The number of allylic oxidation sites excluding steroid dienone is 1. The Morgan fingerprint density at radius 2 is 1.79 bits per heavy atom. The van der Waals surface area contributed by atoms with Gasteiger partial charge in [0.25, 0.3) is 11.6 Å². The number of carbonyl (C=O) groups is 2. The van der Waals surface area contributed by atoms with Crippen LogP contribution in [0, 0.1) is 10.1 Å². The summed E-state index contributed by atoms with van der Waals surface area (Å²) in [5.74, 6) is -0.454. The molecule has 0 unspecified atom stereocenters. The number of nitrogens with zero attached hydrogens (tertiary/aromatic N) is 2. The first-order chi connectivity index (χ1) is 13.9. The summed E-state index contributed by atoms with van der Waals surface area (Å²) in [6.45, 7) is 0. The van der Waals surface area contributed by atoms with Gasteiger partial charge in [0.05, 0.1) is 17.7 Å². The molecule has 0 aromatic heterocycles. The van der Waals surface area contributed by atoms with Crippen molar-refractivity contribution in [3.8, 4) is 0 Å². The molecule has 0 aliphatic heterocycles. The molecule has 7 heteroatoms. The highest BCUT2D eigenvalue weighted by Gasteiger charge is 2.16. The highest BCUT2D eigenvalue weighted by molar-refractivity contribution is 6.06. The number of para-hydroxylation sites is 1. The van der Waals surface area contributed by atoms with Crippen LogP contribution in [0.2, 0.25) is 0 Å². The second kappa shape index (κ2) is 10.8. The van der Waals surface area contributed by atoms with E-state index < -0.39 is 4.92 Å². The number of esters is 1. The molecule has 0 atom stereocenters. The zero-order valence-corrected chi connectivity index (χ0v) is 16.5. The second-order valence-corrected chi connectivity index (χ2v) is 6.45. The van der Waals surface area contributed by atoms with Crippen LogP contribution < -0.4 is 4.90 Å². The first-order valence-corrected chi connectivity index (χ1v) is 9.29. The minimum absolute atomic E-state index is 0.0558. The van der Waals surface area contributed by atoms with Gasteiger partial charge in [0.1, 0.15) is 0 Å². The molecule has 0 fully saturated rings. The number of rotatable bonds is 9. The third kappa shape index (κ3) is 6.27. The minimum atomic E-state index is -0.497. The van der Waals surface area contributed by atoms with Gasteiger partial charge in [0, 0.05) is 31.2 Å². The Balaban J connectivity index is 2.04. The van der Waals surface area contributed by atoms with E-state index in [1.54, 1.807) is 7.05 Å². The predicted octanol–water partition coefficient (Wildman–Crippen LogP) is 4.62. The zero-order chi connectivity index (χ0) is 21.2. The fourth-order valence-electron chi connectivity index (χ4n) is 2.81. The minimum Gasteiger partial charge on any atom is -0.469 e. The Labute approximate surface area is 169 Å². The topological polar surface area (TPSA) is 89.8 Å². The van der Waals surface area contributed by atoms with E-state index >= 15 is 0 Å². The maximum atomic E-state index is 12.8. The average molecular weight is 396 g/mol. The summed E-state index contributed by atoms with van der Waals surface area (Å²) in [6, 6.07) is 13.1. The average Bonchev–Trinajstić information content (AvgIpc) is 2.75. The highest BCUT2D eigenvalue weighted by atomic mass is 16.6. The van der Waals surface area contributed by atoms with Crippen molar-refractivity contribution in [2.75, 3.05) is 19.1 Å². The number of unbranched alkanes of at least 4 members (excludes halogenated alkanes) is 2. The van der Waals surface area contributed by atoms with E-state index in [2.05, 4.69) is 4.74 Å². The van der Waals surface area contributed by atoms with Crippen LogP contribution in [0.15, 0.2) is 54.6 Å². The van der Waals surface area contributed by atoms with Gasteiger partial charge in [0.15, 0.2) is 0 Å². The monoisotopic (exact) mass is 396 g/mol. The van der Waals surface area contributed by atoms with Gasteiger partial charge in [-0.1, -0.05) is 30.4 Å². The van der Waals surface area contributed by atoms with Gasteiger partial charge in [0.2, 0.25) is 0 Å². The van der Waals surface area contributed by atoms with Crippen molar-refractivity contribution in [2.45, 2.75) is 25.7 Å². The maximum Gasteiger partial charge on any atom is 0.305 e. The predicted molar refractivity (Wildman–Crippen MR) is 112 cm³/mol. The van der Waals surface area contributed by atoms with Crippen LogP contribution in [-0.2, 0) is 9.53 Å². The number of carbonyl (C=O) groups excluding carboxylic acids is 2. The Morgan fingerprint density at radius 1 is 1.10 bits per heavy atom. The van der Waals surface area contributed by atoms with Crippen LogP contribution >= 0.6 is 0 Å². The third-order valence-electron chi connectivity index (χ3n) is 4.45. The van der Waals surface area contributed by atoms with E-state index in [4.69, 9.17) is 0 Å². The van der Waals surface area contributed by atoms with Gasteiger partial charge < -0.3 is 9.64 Å². The van der Waals surface area contributed by atoms with Gasteiger partial charge in [-0.05, 0) is 43.0 Å². The van der Waals surface area contributed by atoms with E-state index in [9.17, 15) is 19.7 Å². The molecule has 0 saturated heterocycles. The van der Waals surface area contributed by atoms with Crippen molar-refractivity contribution in [1.29, 1.82) is 0 Å². The Kier molecular flexibility index (Phi) is 8.09. The highest BCUT2D eigenvalue weighted by Crippen LogP contribution is 2.23. The molecule has 0 spiro atoms. The number of ether oxygens (including phenoxy) is 1. The molecular weight excluding hydrogens is 372 g/mol. The molecule has 0 heterocycles. The number of amides is 1. The summed E-state index contributed by atoms with van der Waals surface area (Å²) in [5, 5.41) is 10.8. The van der Waals surface area contributed by atoms with Crippen LogP contribution in [0.1, 0.15) is 41.6 Å². The summed E-state index contributed by atoms with van der Waals surface area (Å²) in [5.41, 5.74) is 1.94. The van der Waals surface area contributed by atoms with Gasteiger partial charge >= 0.3 is 5.97 Å². The fraction of sp³-hybridized carbons (Fsp3) is 0.273. The van der Waals surface area contributed by atoms with Gasteiger partial charge in [-0.15, -0.1) is 0 Å². The number of benzene rings is 2. The number of nitro groups is 1. The molecule has 2 aromatic carbocycles. The number of nitro benzene ring substituents is 1. The van der Waals surface area contributed by atoms with Crippen LogP contribution in [0.5, 0.6) is 0 Å². The van der Waals surface area contributed by atoms with E-state index in [0.717, 1.165) is 30.5 Å². The largest absolute Gasteiger partial charge is 0.469 e. The van der Waals surface area contributed by atoms with Gasteiger partial charge in [-0.25, -0.2) is 0 Å². The van der Waals surface area contributed by atoms with Crippen molar-refractivity contribution in [1.82, 2.24) is 0 Å². The Morgan fingerprint density at radius 3 is 2.45 bits per heavy atom. The number of methoxy groups -OCH3 is 1. The fourth-order valence-corrected chi connectivity index (χ4v) is 2.81. The zero-order valence-electron chi connectivity index (χ0n) is 16.5. The van der Waals surface area contributed by atoms with Crippen molar-refractivity contribution in [3.63, 3.8) is 0 Å². The lowest BCUT2D eigenvalue weighted by molar-refractivity contribution is -0.384. The Hall–Kier alpha value is -3.48. The number of non-ortho nitro benzene ring substituents is 1. The van der Waals surface area contributed by atoms with Crippen LogP contribution in [0.4, 0.5) is 11.4 Å². The van der Waals surface area contributed by atoms with Crippen molar-refractivity contribution < 1.29 is 19.2 Å². The maximum absolute atomic E-state index is 12.8. The molecular formula is C22H24N2O5. The van der Waals surface area contributed by atoms with E-state index in [-0.39, 0.29) is 17.6 Å². The van der Waals surface area contributed by atoms with E-state index in [1.165, 1.54) is 36.3 Å². The van der Waals surface area contributed by atoms with Crippen LogP contribution in [0.25, 0.3) is 6.08 Å². The molecule has 152 valence electrons. The number of anilines is 1. The molecule has 2 rings (SSSR count). The molecule has 1 amide bonds. The lowest BCUT2D eigenvalue weighted by Gasteiger charge is -2.19. The summed E-state index contributed by atoms with van der Waals surface area (Å²) < 4.78 is 4.62. The molecule has 0 saturated carbocycles. The van der Waals surface area contributed by atoms with Crippen molar-refractivity contribution in [3.05, 3.63) is 75.8 Å². The number of hydrogen-bond acceptors (Lipinski definition) is 5. The third-order valence-corrected chi connectivity index (χ3v) is 4.45. The molecule has 0 aliphatic rings.